The number of rotatable bonds is 9. The summed E-state index contributed by atoms with van der Waals surface area (Å²) in [6.45, 7) is 4.28. The molecule has 0 aliphatic rings. The van der Waals surface area contributed by atoms with E-state index < -0.39 is 10.0 Å². The van der Waals surface area contributed by atoms with Crippen LogP contribution in [0.2, 0.25) is 0 Å². The summed E-state index contributed by atoms with van der Waals surface area (Å²) in [6.07, 6.45) is 0.419. The fourth-order valence-electron chi connectivity index (χ4n) is 3.66. The fraction of sp³-hybridized carbons (Fsp3) is 0.240. The van der Waals surface area contributed by atoms with Crippen LogP contribution in [-0.2, 0) is 16.4 Å². The number of halogens is 1. The van der Waals surface area contributed by atoms with Crippen LogP contribution in [0, 0.1) is 5.92 Å². The summed E-state index contributed by atoms with van der Waals surface area (Å²) in [7, 11) is -3.97. The van der Waals surface area contributed by atoms with Crippen LogP contribution >= 0.6 is 12.4 Å². The number of hydrogen-bond donors (Lipinski definition) is 2. The van der Waals surface area contributed by atoms with E-state index in [9.17, 15) is 13.2 Å². The van der Waals surface area contributed by atoms with E-state index in [1.165, 1.54) is 6.07 Å². The molecule has 3 aromatic rings. The van der Waals surface area contributed by atoms with E-state index in [0.29, 0.717) is 17.5 Å². The Labute approximate surface area is 196 Å². The summed E-state index contributed by atoms with van der Waals surface area (Å²) in [5.74, 6) is 0.0983. The highest BCUT2D eigenvalue weighted by atomic mass is 35.5. The molecule has 0 radical (unpaired) electrons. The molecule has 1 atom stereocenters. The number of nitrogens with two attached hydrogens (primary N) is 1. The molecule has 170 valence electrons. The first-order chi connectivity index (χ1) is 14.8. The summed E-state index contributed by atoms with van der Waals surface area (Å²) in [6, 6.07) is 24.2. The zero-order chi connectivity index (χ0) is 22.4. The standard InChI is InChI=1S/C25H28N2O3S.ClH/c1-18(2)25(20-11-7-4-8-12-20)27-17-23(28)21-13-14-22(24(16-21)31(26,29)30)15-19-9-5-3-6-10-19;/h3-14,16,18,25,27H,15,17H2,1-2H3,(H2,26,29,30);1H. The third-order valence-corrected chi connectivity index (χ3v) is 6.23. The van der Waals surface area contributed by atoms with E-state index in [1.54, 1.807) is 12.1 Å². The van der Waals surface area contributed by atoms with Gasteiger partial charge in [-0.3, -0.25) is 4.79 Å². The van der Waals surface area contributed by atoms with Crippen LogP contribution in [-0.4, -0.2) is 20.7 Å². The van der Waals surface area contributed by atoms with Crippen molar-refractivity contribution in [3.05, 3.63) is 101 Å². The number of sulfonamides is 1. The molecule has 0 saturated carbocycles. The maximum Gasteiger partial charge on any atom is 0.238 e. The summed E-state index contributed by atoms with van der Waals surface area (Å²) in [5, 5.41) is 8.78. The second-order valence-corrected chi connectivity index (χ2v) is 9.50. The first-order valence-electron chi connectivity index (χ1n) is 10.3. The number of ketones is 1. The minimum atomic E-state index is -3.97. The predicted molar refractivity (Wildman–Crippen MR) is 131 cm³/mol. The van der Waals surface area contributed by atoms with Crippen molar-refractivity contribution in [2.24, 2.45) is 11.1 Å². The molecule has 0 saturated heterocycles. The van der Waals surface area contributed by atoms with Gasteiger partial charge in [-0.05, 0) is 35.1 Å². The van der Waals surface area contributed by atoms with E-state index in [4.69, 9.17) is 5.14 Å². The van der Waals surface area contributed by atoms with Crippen LogP contribution in [0.15, 0.2) is 83.8 Å². The minimum Gasteiger partial charge on any atom is -0.303 e. The van der Waals surface area contributed by atoms with Gasteiger partial charge in [0.15, 0.2) is 5.78 Å². The Balaban J connectivity index is 0.00000363. The SMILES string of the molecule is CC(C)C(NCC(=O)c1ccc(Cc2ccccc2)c(S(N)(=O)=O)c1)c1ccccc1.Cl. The molecule has 0 bridgehead atoms. The highest BCUT2D eigenvalue weighted by molar-refractivity contribution is 7.89. The Bertz CT molecular complexity index is 1130. The molecule has 0 amide bonds. The third-order valence-electron chi connectivity index (χ3n) is 5.24. The molecule has 3 rings (SSSR count). The molecule has 1 unspecified atom stereocenters. The first-order valence-corrected chi connectivity index (χ1v) is 11.8. The van der Waals surface area contributed by atoms with Gasteiger partial charge in [-0.1, -0.05) is 86.6 Å². The molecule has 5 nitrogen and oxygen atoms in total. The normalized spacial score (nSPS) is 12.2. The number of Topliss-reactive ketones (excluding diaryl/α,β-unsaturated/α-hetero) is 1. The molecule has 0 spiro atoms. The van der Waals surface area contributed by atoms with Gasteiger partial charge in [0.05, 0.1) is 11.4 Å². The van der Waals surface area contributed by atoms with Crippen molar-refractivity contribution in [2.75, 3.05) is 6.54 Å². The first kappa shape index (κ1) is 25.7. The van der Waals surface area contributed by atoms with Crippen molar-refractivity contribution in [1.29, 1.82) is 0 Å². The number of benzene rings is 3. The van der Waals surface area contributed by atoms with E-state index in [2.05, 4.69) is 19.2 Å². The van der Waals surface area contributed by atoms with Crippen molar-refractivity contribution in [2.45, 2.75) is 31.2 Å². The zero-order valence-corrected chi connectivity index (χ0v) is 19.8. The Morgan fingerprint density at radius 2 is 1.53 bits per heavy atom. The maximum absolute atomic E-state index is 12.9. The van der Waals surface area contributed by atoms with E-state index in [0.717, 1.165) is 11.1 Å². The predicted octanol–water partition coefficient (Wildman–Crippen LogP) is 4.52. The van der Waals surface area contributed by atoms with Gasteiger partial charge in [0.25, 0.3) is 0 Å². The minimum absolute atomic E-state index is 0. The number of primary sulfonamides is 1. The smallest absolute Gasteiger partial charge is 0.238 e. The molecular weight excluding hydrogens is 444 g/mol. The number of hydrogen-bond acceptors (Lipinski definition) is 4. The topological polar surface area (TPSA) is 89.3 Å². The Morgan fingerprint density at radius 3 is 2.09 bits per heavy atom. The molecule has 32 heavy (non-hydrogen) atoms. The van der Waals surface area contributed by atoms with Gasteiger partial charge in [-0.25, -0.2) is 13.6 Å². The summed E-state index contributed by atoms with van der Waals surface area (Å²) in [4.78, 5) is 12.8. The lowest BCUT2D eigenvalue weighted by atomic mass is 9.95. The van der Waals surface area contributed by atoms with Gasteiger partial charge < -0.3 is 5.32 Å². The lowest BCUT2D eigenvalue weighted by molar-refractivity contribution is 0.0984. The van der Waals surface area contributed by atoms with Crippen LogP contribution in [0.4, 0.5) is 0 Å². The van der Waals surface area contributed by atoms with Gasteiger partial charge >= 0.3 is 0 Å². The van der Waals surface area contributed by atoms with Crippen molar-refractivity contribution in [3.8, 4) is 0 Å². The number of nitrogens with one attached hydrogen (secondary N) is 1. The molecule has 7 heteroatoms. The van der Waals surface area contributed by atoms with Gasteiger partial charge in [0.1, 0.15) is 0 Å². The second-order valence-electron chi connectivity index (χ2n) is 7.97. The molecule has 0 aromatic heterocycles. The Kier molecular flexibility index (Phi) is 9.16. The zero-order valence-electron chi connectivity index (χ0n) is 18.2. The molecule has 3 aromatic carbocycles. The number of carbonyl (C=O) groups excluding carboxylic acids is 1. The quantitative estimate of drug-likeness (QED) is 0.448. The summed E-state index contributed by atoms with van der Waals surface area (Å²) in [5.41, 5.74) is 2.97. The lowest BCUT2D eigenvalue weighted by Gasteiger charge is -2.22. The third kappa shape index (κ3) is 6.74. The molecule has 0 heterocycles. The molecule has 0 aliphatic heterocycles. The largest absolute Gasteiger partial charge is 0.303 e. The summed E-state index contributed by atoms with van der Waals surface area (Å²) < 4.78 is 24.4. The molecular formula is C25H29ClN2O3S. The number of carbonyl (C=O) groups is 1. The monoisotopic (exact) mass is 472 g/mol. The van der Waals surface area contributed by atoms with Crippen molar-refractivity contribution < 1.29 is 13.2 Å². The average molecular weight is 473 g/mol. The van der Waals surface area contributed by atoms with Crippen molar-refractivity contribution in [3.63, 3.8) is 0 Å². The van der Waals surface area contributed by atoms with Gasteiger partial charge in [0, 0.05) is 11.6 Å². The van der Waals surface area contributed by atoms with Crippen molar-refractivity contribution >= 4 is 28.2 Å². The van der Waals surface area contributed by atoms with Crippen LogP contribution in [0.25, 0.3) is 0 Å². The van der Waals surface area contributed by atoms with Gasteiger partial charge in [-0.2, -0.15) is 0 Å². The van der Waals surface area contributed by atoms with Crippen LogP contribution in [0.5, 0.6) is 0 Å². The fourth-order valence-corrected chi connectivity index (χ4v) is 4.46. The lowest BCUT2D eigenvalue weighted by Crippen LogP contribution is -2.31. The van der Waals surface area contributed by atoms with E-state index in [1.807, 2.05) is 60.7 Å². The van der Waals surface area contributed by atoms with E-state index in [-0.39, 0.29) is 41.6 Å². The van der Waals surface area contributed by atoms with Crippen molar-refractivity contribution in [1.82, 2.24) is 5.32 Å². The van der Waals surface area contributed by atoms with E-state index >= 15 is 0 Å². The highest BCUT2D eigenvalue weighted by Gasteiger charge is 2.20. The second kappa shape index (κ2) is 11.4. The molecule has 0 aliphatic carbocycles. The van der Waals surface area contributed by atoms with Gasteiger partial charge in [-0.15, -0.1) is 12.4 Å². The highest BCUT2D eigenvalue weighted by Crippen LogP contribution is 2.23. The summed E-state index contributed by atoms with van der Waals surface area (Å²) >= 11 is 0. The van der Waals surface area contributed by atoms with Crippen LogP contribution in [0.1, 0.15) is 46.9 Å². The van der Waals surface area contributed by atoms with Crippen LogP contribution in [0.3, 0.4) is 0 Å². The Hall–Kier alpha value is -2.51. The van der Waals surface area contributed by atoms with Crippen LogP contribution < -0.4 is 10.5 Å². The molecule has 0 fully saturated rings. The maximum atomic E-state index is 12.9. The van der Waals surface area contributed by atoms with Gasteiger partial charge in [0.2, 0.25) is 10.0 Å². The Morgan fingerprint density at radius 1 is 0.938 bits per heavy atom. The average Bonchev–Trinajstić information content (AvgIpc) is 2.74. The molecule has 3 N–H and O–H groups in total.